The van der Waals surface area contributed by atoms with Gasteiger partial charge in [0.25, 0.3) is 0 Å². The highest BCUT2D eigenvalue weighted by molar-refractivity contribution is 7.89. The zero-order valence-corrected chi connectivity index (χ0v) is 13.6. The molecule has 1 heterocycles. The van der Waals surface area contributed by atoms with E-state index in [0.717, 1.165) is 5.69 Å². The summed E-state index contributed by atoms with van der Waals surface area (Å²) in [5, 5.41) is 0. The molecule has 20 heavy (non-hydrogen) atoms. The van der Waals surface area contributed by atoms with E-state index in [1.54, 1.807) is 26.4 Å². The van der Waals surface area contributed by atoms with Crippen molar-refractivity contribution in [3.63, 3.8) is 0 Å². The summed E-state index contributed by atoms with van der Waals surface area (Å²) in [6, 6.07) is 1.58. The number of aromatic nitrogens is 1. The molecule has 0 fully saturated rings. The van der Waals surface area contributed by atoms with Gasteiger partial charge in [0.1, 0.15) is 4.90 Å². The fourth-order valence-corrected chi connectivity index (χ4v) is 3.43. The van der Waals surface area contributed by atoms with E-state index in [9.17, 15) is 8.42 Å². The van der Waals surface area contributed by atoms with Crippen LogP contribution in [0, 0.1) is 0 Å². The quantitative estimate of drug-likeness (QED) is 0.820. The van der Waals surface area contributed by atoms with E-state index in [4.69, 9.17) is 10.5 Å². The fraction of sp³-hybridized carbons (Fsp3) is 0.692. The summed E-state index contributed by atoms with van der Waals surface area (Å²) < 4.78 is 33.4. The molecular formula is C13H25N3O3S. The summed E-state index contributed by atoms with van der Waals surface area (Å²) in [6.45, 7) is 6.46. The van der Waals surface area contributed by atoms with Gasteiger partial charge in [0.15, 0.2) is 0 Å². The van der Waals surface area contributed by atoms with Crippen molar-refractivity contribution in [3.05, 3.63) is 18.0 Å². The van der Waals surface area contributed by atoms with Crippen LogP contribution in [-0.2, 0) is 21.3 Å². The maximum atomic E-state index is 12.6. The molecule has 0 aliphatic rings. The van der Waals surface area contributed by atoms with E-state index >= 15 is 0 Å². The highest BCUT2D eigenvalue weighted by atomic mass is 32.2. The third-order valence-electron chi connectivity index (χ3n) is 3.38. The van der Waals surface area contributed by atoms with Gasteiger partial charge in [-0.1, -0.05) is 0 Å². The second-order valence-corrected chi connectivity index (χ2v) is 7.20. The normalized spacial score (nSPS) is 14.2. The molecule has 0 aromatic carbocycles. The van der Waals surface area contributed by atoms with E-state index in [1.165, 1.54) is 4.31 Å². The molecule has 1 atom stereocenters. The molecule has 116 valence electrons. The second-order valence-electron chi connectivity index (χ2n) is 5.20. The molecule has 0 bridgehead atoms. The van der Waals surface area contributed by atoms with Crippen LogP contribution >= 0.6 is 0 Å². The molecule has 6 nitrogen and oxygen atoms in total. The van der Waals surface area contributed by atoms with Gasteiger partial charge < -0.3 is 15.0 Å². The van der Waals surface area contributed by atoms with Crippen LogP contribution in [0.15, 0.2) is 17.2 Å². The van der Waals surface area contributed by atoms with Gasteiger partial charge in [-0.3, -0.25) is 0 Å². The van der Waals surface area contributed by atoms with Crippen LogP contribution in [0.25, 0.3) is 0 Å². The zero-order valence-electron chi connectivity index (χ0n) is 12.8. The fourth-order valence-electron chi connectivity index (χ4n) is 2.03. The predicted octanol–water partition coefficient (Wildman–Crippen LogP) is 1.18. The lowest BCUT2D eigenvalue weighted by Gasteiger charge is -2.23. The van der Waals surface area contributed by atoms with Crippen LogP contribution in [0.2, 0.25) is 0 Å². The highest BCUT2D eigenvalue weighted by Gasteiger charge is 2.27. The van der Waals surface area contributed by atoms with Crippen LogP contribution < -0.4 is 5.73 Å². The van der Waals surface area contributed by atoms with Gasteiger partial charge in [0.2, 0.25) is 10.0 Å². The van der Waals surface area contributed by atoms with Gasteiger partial charge >= 0.3 is 0 Å². The molecular weight excluding hydrogens is 278 g/mol. The minimum absolute atomic E-state index is 0.166. The monoisotopic (exact) mass is 303 g/mol. The Balaban J connectivity index is 3.16. The number of methoxy groups -OCH3 is 1. The SMILES string of the molecule is COCC(C)N(C)S(=O)(=O)c1cc(CN)n(C(C)C)c1. The summed E-state index contributed by atoms with van der Waals surface area (Å²) >= 11 is 0. The van der Waals surface area contributed by atoms with Crippen molar-refractivity contribution in [2.75, 3.05) is 20.8 Å². The Morgan fingerprint density at radius 2 is 2.00 bits per heavy atom. The zero-order chi connectivity index (χ0) is 15.5. The van der Waals surface area contributed by atoms with Gasteiger partial charge in [-0.25, -0.2) is 8.42 Å². The lowest BCUT2D eigenvalue weighted by atomic mass is 10.3. The Morgan fingerprint density at radius 3 is 2.40 bits per heavy atom. The molecule has 0 amide bonds. The Hall–Kier alpha value is -0.890. The van der Waals surface area contributed by atoms with Crippen LogP contribution in [0.5, 0.6) is 0 Å². The molecule has 7 heteroatoms. The van der Waals surface area contributed by atoms with Crippen LogP contribution in [0.3, 0.4) is 0 Å². The first-order valence-corrected chi connectivity index (χ1v) is 8.07. The first kappa shape index (κ1) is 17.2. The number of sulfonamides is 1. The number of rotatable bonds is 7. The Kier molecular flexibility index (Phi) is 5.76. The van der Waals surface area contributed by atoms with Gasteiger partial charge in [-0.15, -0.1) is 0 Å². The Bertz CT molecular complexity index is 537. The van der Waals surface area contributed by atoms with Crippen molar-refractivity contribution >= 4 is 10.0 Å². The van der Waals surface area contributed by atoms with Gasteiger partial charge in [-0.2, -0.15) is 4.31 Å². The topological polar surface area (TPSA) is 77.6 Å². The van der Waals surface area contributed by atoms with Gasteiger partial charge in [0, 0.05) is 44.7 Å². The van der Waals surface area contributed by atoms with E-state index in [1.807, 2.05) is 25.3 Å². The minimum Gasteiger partial charge on any atom is -0.383 e. The number of nitrogens with two attached hydrogens (primary N) is 1. The van der Waals surface area contributed by atoms with Gasteiger partial charge in [-0.05, 0) is 26.8 Å². The summed E-state index contributed by atoms with van der Waals surface area (Å²) in [4.78, 5) is 0.275. The maximum absolute atomic E-state index is 12.6. The molecule has 1 aromatic rings. The van der Waals surface area contributed by atoms with Crippen molar-refractivity contribution < 1.29 is 13.2 Å². The first-order valence-electron chi connectivity index (χ1n) is 6.63. The van der Waals surface area contributed by atoms with E-state index in [0.29, 0.717) is 13.2 Å². The van der Waals surface area contributed by atoms with Crippen molar-refractivity contribution in [3.8, 4) is 0 Å². The van der Waals surface area contributed by atoms with Crippen LogP contribution in [0.4, 0.5) is 0 Å². The lowest BCUT2D eigenvalue weighted by molar-refractivity contribution is 0.149. The number of hydrogen-bond donors (Lipinski definition) is 1. The smallest absolute Gasteiger partial charge is 0.244 e. The first-order chi connectivity index (χ1) is 9.25. The lowest BCUT2D eigenvalue weighted by Crippen LogP contribution is -2.37. The van der Waals surface area contributed by atoms with Crippen molar-refractivity contribution in [1.29, 1.82) is 0 Å². The molecule has 1 rings (SSSR count). The van der Waals surface area contributed by atoms with Crippen LogP contribution in [-0.4, -0.2) is 44.1 Å². The largest absolute Gasteiger partial charge is 0.383 e. The summed E-state index contributed by atoms with van der Waals surface area (Å²) in [7, 11) is -0.411. The second kappa shape index (κ2) is 6.71. The summed E-state index contributed by atoms with van der Waals surface area (Å²) in [5.74, 6) is 0. The van der Waals surface area contributed by atoms with Crippen LogP contribution in [0.1, 0.15) is 32.5 Å². The van der Waals surface area contributed by atoms with Crippen molar-refractivity contribution in [1.82, 2.24) is 8.87 Å². The minimum atomic E-state index is -3.53. The molecule has 0 radical (unpaired) electrons. The molecule has 2 N–H and O–H groups in total. The average Bonchev–Trinajstić information content (AvgIpc) is 2.82. The number of hydrogen-bond acceptors (Lipinski definition) is 4. The Labute approximate surface area is 121 Å². The van der Waals surface area contributed by atoms with Crippen molar-refractivity contribution in [2.24, 2.45) is 5.73 Å². The maximum Gasteiger partial charge on any atom is 0.244 e. The van der Waals surface area contributed by atoms with Gasteiger partial charge in [0.05, 0.1) is 6.61 Å². The number of nitrogens with zero attached hydrogens (tertiary/aromatic N) is 2. The van der Waals surface area contributed by atoms with E-state index in [-0.39, 0.29) is 17.0 Å². The molecule has 0 saturated heterocycles. The van der Waals surface area contributed by atoms with E-state index < -0.39 is 10.0 Å². The number of ether oxygens (including phenoxy) is 1. The average molecular weight is 303 g/mol. The predicted molar refractivity (Wildman–Crippen MR) is 79.0 cm³/mol. The molecule has 0 spiro atoms. The molecule has 0 aliphatic heterocycles. The third-order valence-corrected chi connectivity index (χ3v) is 5.32. The molecule has 1 unspecified atom stereocenters. The molecule has 0 aliphatic carbocycles. The van der Waals surface area contributed by atoms with E-state index in [2.05, 4.69) is 0 Å². The Morgan fingerprint density at radius 1 is 1.40 bits per heavy atom. The standard InChI is InChI=1S/C13H25N3O3S/c1-10(2)16-8-13(6-12(16)7-14)20(17,18)15(4)11(3)9-19-5/h6,8,10-11H,7,9,14H2,1-5H3. The molecule has 0 saturated carbocycles. The summed E-state index contributed by atoms with van der Waals surface area (Å²) in [5.41, 5.74) is 6.49. The third kappa shape index (κ3) is 3.41. The molecule has 1 aromatic heterocycles. The van der Waals surface area contributed by atoms with Crippen molar-refractivity contribution in [2.45, 2.75) is 44.3 Å². The summed E-state index contributed by atoms with van der Waals surface area (Å²) in [6.07, 6.45) is 1.65. The highest BCUT2D eigenvalue weighted by Crippen LogP contribution is 2.22. The number of likely N-dealkylation sites (N-methyl/N-ethyl adjacent to an activating group) is 1.